The molecule has 0 bridgehead atoms. The molecule has 1 heterocycles. The van der Waals surface area contributed by atoms with Crippen molar-refractivity contribution in [2.24, 2.45) is 5.41 Å². The van der Waals surface area contributed by atoms with Crippen LogP contribution in [0.5, 0.6) is 5.75 Å². The average Bonchev–Trinajstić information content (AvgIpc) is 2.72. The van der Waals surface area contributed by atoms with E-state index in [1.165, 1.54) is 35.7 Å². The molecule has 0 unspecified atom stereocenters. The number of ether oxygens (including phenoxy) is 1. The van der Waals surface area contributed by atoms with Gasteiger partial charge >= 0.3 is 0 Å². The van der Waals surface area contributed by atoms with E-state index >= 15 is 0 Å². The largest absolute Gasteiger partial charge is 0.495 e. The number of methoxy groups -OCH3 is 1. The van der Waals surface area contributed by atoms with Crippen LogP contribution < -0.4 is 10.1 Å². The quantitative estimate of drug-likeness (QED) is 0.723. The molecule has 0 saturated carbocycles. The van der Waals surface area contributed by atoms with Crippen LogP contribution in [0.25, 0.3) is 0 Å². The first-order chi connectivity index (χ1) is 14.2. The van der Waals surface area contributed by atoms with Gasteiger partial charge in [-0.3, -0.25) is 4.79 Å². The minimum absolute atomic E-state index is 0.0260. The van der Waals surface area contributed by atoms with Gasteiger partial charge < -0.3 is 10.1 Å². The summed E-state index contributed by atoms with van der Waals surface area (Å²) in [5.74, 6) is -0.453. The smallest absolute Gasteiger partial charge is 0.246 e. The van der Waals surface area contributed by atoms with Crippen molar-refractivity contribution in [3.8, 4) is 5.75 Å². The van der Waals surface area contributed by atoms with Crippen LogP contribution in [-0.4, -0.2) is 38.8 Å². The predicted octanol–water partition coefficient (Wildman–Crippen LogP) is 3.59. The molecule has 6 nitrogen and oxygen atoms in total. The Morgan fingerprint density at radius 3 is 2.77 bits per heavy atom. The van der Waals surface area contributed by atoms with Crippen molar-refractivity contribution in [3.05, 3.63) is 58.9 Å². The van der Waals surface area contributed by atoms with E-state index in [9.17, 15) is 17.6 Å². The summed E-state index contributed by atoms with van der Waals surface area (Å²) in [6, 6.07) is 10.4. The lowest BCUT2D eigenvalue weighted by Crippen LogP contribution is -2.51. The Hall–Kier alpha value is -2.16. The van der Waals surface area contributed by atoms with Crippen molar-refractivity contribution in [2.75, 3.05) is 20.2 Å². The molecule has 1 atom stereocenters. The predicted molar refractivity (Wildman–Crippen MR) is 112 cm³/mol. The number of sulfonamides is 1. The second-order valence-electron chi connectivity index (χ2n) is 7.61. The van der Waals surface area contributed by atoms with Gasteiger partial charge in [0, 0.05) is 24.7 Å². The van der Waals surface area contributed by atoms with Crippen LogP contribution in [0.1, 0.15) is 25.3 Å². The van der Waals surface area contributed by atoms with E-state index in [1.807, 2.05) is 0 Å². The van der Waals surface area contributed by atoms with Crippen LogP contribution in [0.15, 0.2) is 47.4 Å². The van der Waals surface area contributed by atoms with Crippen LogP contribution in [-0.2, 0) is 21.4 Å². The van der Waals surface area contributed by atoms with E-state index in [2.05, 4.69) is 5.32 Å². The number of hydrogen-bond donors (Lipinski definition) is 1. The summed E-state index contributed by atoms with van der Waals surface area (Å²) >= 11 is 6.01. The third kappa shape index (κ3) is 4.77. The topological polar surface area (TPSA) is 75.7 Å². The molecular weight excluding hydrogens is 431 g/mol. The van der Waals surface area contributed by atoms with E-state index < -0.39 is 15.4 Å². The SMILES string of the molecule is COc1ccc(Cl)cc1S(=O)(=O)N1CCC[C@](C)(C(=O)NCc2cccc(F)c2)C1. The molecule has 0 spiro atoms. The van der Waals surface area contributed by atoms with Crippen molar-refractivity contribution in [3.63, 3.8) is 0 Å². The molecule has 1 aliphatic heterocycles. The maximum atomic E-state index is 13.3. The maximum Gasteiger partial charge on any atom is 0.246 e. The molecule has 3 rings (SSSR count). The number of carbonyl (C=O) groups excluding carboxylic acids is 1. The highest BCUT2D eigenvalue weighted by atomic mass is 35.5. The zero-order chi connectivity index (χ0) is 21.9. The third-order valence-corrected chi connectivity index (χ3v) is 7.40. The Labute approximate surface area is 181 Å². The lowest BCUT2D eigenvalue weighted by atomic mass is 9.82. The standard InChI is InChI=1S/C21H24ClFN2O4S/c1-21(20(26)24-13-15-5-3-6-17(23)11-15)9-4-10-25(14-21)30(27,28)19-12-16(22)7-8-18(19)29-2/h3,5-8,11-12H,4,9-10,13-14H2,1-2H3,(H,24,26)/t21-/m0/s1. The van der Waals surface area contributed by atoms with Gasteiger partial charge in [0.1, 0.15) is 16.5 Å². The Morgan fingerprint density at radius 1 is 1.30 bits per heavy atom. The van der Waals surface area contributed by atoms with E-state index in [-0.39, 0.29) is 40.5 Å². The molecule has 2 aromatic carbocycles. The number of benzene rings is 2. The fourth-order valence-electron chi connectivity index (χ4n) is 3.62. The molecule has 9 heteroatoms. The molecule has 1 amide bonds. The summed E-state index contributed by atoms with van der Waals surface area (Å²) in [5, 5.41) is 3.09. The van der Waals surface area contributed by atoms with E-state index in [4.69, 9.17) is 16.3 Å². The number of nitrogens with one attached hydrogen (secondary N) is 1. The van der Waals surface area contributed by atoms with Gasteiger partial charge in [-0.05, 0) is 55.7 Å². The summed E-state index contributed by atoms with van der Waals surface area (Å²) in [5.41, 5.74) is -0.277. The lowest BCUT2D eigenvalue weighted by molar-refractivity contribution is -0.132. The maximum absolute atomic E-state index is 13.3. The number of carbonyl (C=O) groups is 1. The van der Waals surface area contributed by atoms with Crippen LogP contribution in [0, 0.1) is 11.2 Å². The second kappa shape index (κ2) is 8.91. The first-order valence-electron chi connectivity index (χ1n) is 9.52. The molecule has 1 saturated heterocycles. The molecule has 1 N–H and O–H groups in total. The highest BCUT2D eigenvalue weighted by molar-refractivity contribution is 7.89. The zero-order valence-corrected chi connectivity index (χ0v) is 18.4. The number of hydrogen-bond acceptors (Lipinski definition) is 4. The first-order valence-corrected chi connectivity index (χ1v) is 11.3. The fraction of sp³-hybridized carbons (Fsp3) is 0.381. The van der Waals surface area contributed by atoms with Gasteiger partial charge in [0.2, 0.25) is 15.9 Å². The van der Waals surface area contributed by atoms with Gasteiger partial charge in [0.05, 0.1) is 12.5 Å². The molecule has 2 aromatic rings. The first kappa shape index (κ1) is 22.5. The summed E-state index contributed by atoms with van der Waals surface area (Å²) < 4.78 is 46.4. The molecule has 30 heavy (non-hydrogen) atoms. The molecule has 0 aromatic heterocycles. The van der Waals surface area contributed by atoms with Gasteiger partial charge in [-0.1, -0.05) is 23.7 Å². The Bertz CT molecular complexity index is 1050. The van der Waals surface area contributed by atoms with Gasteiger partial charge in [-0.2, -0.15) is 4.31 Å². The molecule has 162 valence electrons. The lowest BCUT2D eigenvalue weighted by Gasteiger charge is -2.38. The highest BCUT2D eigenvalue weighted by Crippen LogP contribution is 2.36. The minimum atomic E-state index is -3.91. The number of rotatable bonds is 6. The van der Waals surface area contributed by atoms with Crippen molar-refractivity contribution in [1.82, 2.24) is 9.62 Å². The van der Waals surface area contributed by atoms with Gasteiger partial charge in [0.15, 0.2) is 0 Å². The number of halogens is 2. The normalized spacial score (nSPS) is 20.0. The van der Waals surface area contributed by atoms with Gasteiger partial charge in [-0.15, -0.1) is 0 Å². The monoisotopic (exact) mass is 454 g/mol. The molecule has 1 fully saturated rings. The van der Waals surface area contributed by atoms with Crippen LogP contribution in [0.4, 0.5) is 4.39 Å². The summed E-state index contributed by atoms with van der Waals surface area (Å²) in [7, 11) is -2.52. The van der Waals surface area contributed by atoms with Gasteiger partial charge in [0.25, 0.3) is 0 Å². The molecule has 0 radical (unpaired) electrons. The molecule has 1 aliphatic rings. The van der Waals surface area contributed by atoms with Crippen molar-refractivity contribution >= 4 is 27.5 Å². The number of nitrogens with zero attached hydrogens (tertiary/aromatic N) is 1. The summed E-state index contributed by atoms with van der Waals surface area (Å²) in [6.45, 7) is 2.23. The van der Waals surface area contributed by atoms with Crippen molar-refractivity contribution in [2.45, 2.75) is 31.2 Å². The summed E-state index contributed by atoms with van der Waals surface area (Å²) in [4.78, 5) is 12.9. The molecule has 0 aliphatic carbocycles. The zero-order valence-electron chi connectivity index (χ0n) is 16.8. The third-order valence-electron chi connectivity index (χ3n) is 5.30. The minimum Gasteiger partial charge on any atom is -0.495 e. The highest BCUT2D eigenvalue weighted by Gasteiger charge is 2.42. The van der Waals surface area contributed by atoms with E-state index in [0.29, 0.717) is 24.9 Å². The van der Waals surface area contributed by atoms with Crippen molar-refractivity contribution < 1.29 is 22.3 Å². The fourth-order valence-corrected chi connectivity index (χ4v) is 5.64. The number of piperidine rings is 1. The van der Waals surface area contributed by atoms with E-state index in [0.717, 1.165) is 0 Å². The van der Waals surface area contributed by atoms with Crippen LogP contribution in [0.2, 0.25) is 5.02 Å². The summed E-state index contributed by atoms with van der Waals surface area (Å²) in [6.07, 6.45) is 1.08. The molecular formula is C21H24ClFN2O4S. The number of amides is 1. The van der Waals surface area contributed by atoms with Crippen LogP contribution in [0.3, 0.4) is 0 Å². The Kier molecular flexibility index (Phi) is 6.69. The van der Waals surface area contributed by atoms with Crippen LogP contribution >= 0.6 is 11.6 Å². The Balaban J connectivity index is 1.78. The average molecular weight is 455 g/mol. The second-order valence-corrected chi connectivity index (χ2v) is 9.95. The van der Waals surface area contributed by atoms with E-state index in [1.54, 1.807) is 25.1 Å². The Morgan fingerprint density at radius 2 is 2.07 bits per heavy atom. The van der Waals surface area contributed by atoms with Crippen molar-refractivity contribution in [1.29, 1.82) is 0 Å². The van der Waals surface area contributed by atoms with Gasteiger partial charge in [-0.25, -0.2) is 12.8 Å².